The van der Waals surface area contributed by atoms with Gasteiger partial charge in [0.15, 0.2) is 0 Å². The lowest BCUT2D eigenvalue weighted by atomic mass is 10.2. The van der Waals surface area contributed by atoms with Gasteiger partial charge in [-0.1, -0.05) is 22.9 Å². The Hall–Kier alpha value is -1.63. The lowest BCUT2D eigenvalue weighted by molar-refractivity contribution is -0.140. The summed E-state index contributed by atoms with van der Waals surface area (Å²) in [5.74, 6) is -2.29. The number of aliphatic carboxylic acids is 1. The molecular formula is C11H12BrFN2O3. The Balaban J connectivity index is 2.52. The Labute approximate surface area is 112 Å². The zero-order valence-electron chi connectivity index (χ0n) is 9.54. The number of hydrogen-bond acceptors (Lipinski definition) is 2. The Kier molecular flexibility index (Phi) is 5.08. The highest BCUT2D eigenvalue weighted by molar-refractivity contribution is 9.10. The second kappa shape index (κ2) is 6.34. The summed E-state index contributed by atoms with van der Waals surface area (Å²) in [6.07, 6.45) is 0. The van der Waals surface area contributed by atoms with Crippen LogP contribution >= 0.6 is 15.9 Å². The predicted octanol–water partition coefficient (Wildman–Crippen LogP) is 2.43. The van der Waals surface area contributed by atoms with Crippen LogP contribution in [0.2, 0.25) is 0 Å². The van der Waals surface area contributed by atoms with Crippen LogP contribution in [-0.2, 0) is 4.79 Å². The first kappa shape index (κ1) is 14.4. The number of carbonyl (C=O) groups excluding carboxylic acids is 1. The van der Waals surface area contributed by atoms with Crippen LogP contribution in [-0.4, -0.2) is 23.7 Å². The Bertz CT molecular complexity index is 468. The summed E-state index contributed by atoms with van der Waals surface area (Å²) in [4.78, 5) is 21.9. The summed E-state index contributed by atoms with van der Waals surface area (Å²) < 4.78 is 13.9. The van der Waals surface area contributed by atoms with Gasteiger partial charge in [0.1, 0.15) is 5.82 Å². The molecule has 0 saturated heterocycles. The quantitative estimate of drug-likeness (QED) is 0.797. The summed E-state index contributed by atoms with van der Waals surface area (Å²) >= 11 is 3.09. The van der Waals surface area contributed by atoms with Gasteiger partial charge in [0.05, 0.1) is 11.6 Å². The molecule has 98 valence electrons. The van der Waals surface area contributed by atoms with Gasteiger partial charge in [-0.05, 0) is 18.2 Å². The topological polar surface area (TPSA) is 78.4 Å². The smallest absolute Gasteiger partial charge is 0.319 e. The van der Waals surface area contributed by atoms with E-state index in [9.17, 15) is 14.0 Å². The fourth-order valence-electron chi connectivity index (χ4n) is 1.09. The van der Waals surface area contributed by atoms with E-state index in [1.165, 1.54) is 19.1 Å². The molecule has 1 rings (SSSR count). The number of benzene rings is 1. The summed E-state index contributed by atoms with van der Waals surface area (Å²) in [6, 6.07) is 3.55. The third-order valence-electron chi connectivity index (χ3n) is 2.17. The molecule has 3 N–H and O–H groups in total. The molecule has 0 heterocycles. The highest BCUT2D eigenvalue weighted by Crippen LogP contribution is 2.19. The molecule has 1 aromatic carbocycles. The molecule has 1 unspecified atom stereocenters. The van der Waals surface area contributed by atoms with E-state index < -0.39 is 23.7 Å². The van der Waals surface area contributed by atoms with Crippen molar-refractivity contribution >= 4 is 33.6 Å². The van der Waals surface area contributed by atoms with Crippen LogP contribution in [0.15, 0.2) is 22.7 Å². The Morgan fingerprint density at radius 3 is 2.72 bits per heavy atom. The molecule has 0 aliphatic heterocycles. The number of carbonyl (C=O) groups is 2. The van der Waals surface area contributed by atoms with Gasteiger partial charge in [0.2, 0.25) is 0 Å². The number of carboxylic acids is 1. The number of halogens is 2. The van der Waals surface area contributed by atoms with E-state index in [1.807, 2.05) is 0 Å². The van der Waals surface area contributed by atoms with Crippen molar-refractivity contribution in [3.8, 4) is 0 Å². The van der Waals surface area contributed by atoms with E-state index in [2.05, 4.69) is 26.6 Å². The number of urea groups is 1. The molecular weight excluding hydrogens is 307 g/mol. The molecule has 0 fully saturated rings. The average molecular weight is 319 g/mol. The van der Waals surface area contributed by atoms with Crippen molar-refractivity contribution in [2.24, 2.45) is 5.92 Å². The molecule has 0 saturated carbocycles. The molecule has 2 amide bonds. The van der Waals surface area contributed by atoms with Gasteiger partial charge >= 0.3 is 12.0 Å². The molecule has 0 bridgehead atoms. The number of nitrogens with one attached hydrogen (secondary N) is 2. The van der Waals surface area contributed by atoms with Crippen molar-refractivity contribution in [3.05, 3.63) is 28.5 Å². The third kappa shape index (κ3) is 4.33. The molecule has 0 spiro atoms. The van der Waals surface area contributed by atoms with E-state index in [0.717, 1.165) is 0 Å². The summed E-state index contributed by atoms with van der Waals surface area (Å²) in [5, 5.41) is 13.3. The van der Waals surface area contributed by atoms with E-state index >= 15 is 0 Å². The molecule has 0 aliphatic rings. The van der Waals surface area contributed by atoms with Gasteiger partial charge in [-0.2, -0.15) is 0 Å². The maximum atomic E-state index is 13.4. The first-order valence-corrected chi connectivity index (χ1v) is 5.92. The molecule has 7 heteroatoms. The first-order valence-electron chi connectivity index (χ1n) is 5.13. The van der Waals surface area contributed by atoms with Crippen LogP contribution in [0, 0.1) is 11.7 Å². The number of hydrogen-bond donors (Lipinski definition) is 3. The van der Waals surface area contributed by atoms with Gasteiger partial charge in [0.25, 0.3) is 0 Å². The molecule has 1 aromatic rings. The minimum absolute atomic E-state index is 0.0266. The molecule has 0 radical (unpaired) electrons. The van der Waals surface area contributed by atoms with Gasteiger partial charge < -0.3 is 15.7 Å². The normalized spacial score (nSPS) is 11.7. The second-order valence-electron chi connectivity index (χ2n) is 3.70. The summed E-state index contributed by atoms with van der Waals surface area (Å²) in [6.45, 7) is 1.43. The Morgan fingerprint density at radius 2 is 2.17 bits per heavy atom. The average Bonchev–Trinajstić information content (AvgIpc) is 2.29. The van der Waals surface area contributed by atoms with E-state index in [4.69, 9.17) is 5.11 Å². The minimum Gasteiger partial charge on any atom is -0.481 e. The van der Waals surface area contributed by atoms with Gasteiger partial charge in [0, 0.05) is 11.0 Å². The zero-order valence-corrected chi connectivity index (χ0v) is 11.1. The van der Waals surface area contributed by atoms with Gasteiger partial charge in [-0.15, -0.1) is 0 Å². The van der Waals surface area contributed by atoms with Gasteiger partial charge in [-0.3, -0.25) is 4.79 Å². The van der Waals surface area contributed by atoms with Crippen LogP contribution in [0.25, 0.3) is 0 Å². The number of carboxylic acid groups (broad SMARTS) is 1. The number of amides is 2. The fourth-order valence-corrected chi connectivity index (χ4v) is 1.42. The van der Waals surface area contributed by atoms with Crippen LogP contribution < -0.4 is 10.6 Å². The molecule has 0 aliphatic carbocycles. The highest BCUT2D eigenvalue weighted by atomic mass is 79.9. The predicted molar refractivity (Wildman–Crippen MR) is 67.9 cm³/mol. The van der Waals surface area contributed by atoms with Crippen LogP contribution in [0.5, 0.6) is 0 Å². The SMILES string of the molecule is CC(CNC(=O)Nc1ccc(Br)cc1F)C(=O)O. The largest absolute Gasteiger partial charge is 0.481 e. The van der Waals surface area contributed by atoms with Crippen molar-refractivity contribution in [3.63, 3.8) is 0 Å². The standard InChI is InChI=1S/C11H12BrFN2O3/c1-6(10(16)17)5-14-11(18)15-9-3-2-7(12)4-8(9)13/h2-4,6H,5H2,1H3,(H,16,17)(H2,14,15,18). The zero-order chi connectivity index (χ0) is 13.7. The van der Waals surface area contributed by atoms with Gasteiger partial charge in [-0.25, -0.2) is 9.18 Å². The molecule has 5 nitrogen and oxygen atoms in total. The van der Waals surface area contributed by atoms with Crippen LogP contribution in [0.3, 0.4) is 0 Å². The maximum Gasteiger partial charge on any atom is 0.319 e. The van der Waals surface area contributed by atoms with Crippen molar-refractivity contribution in [1.82, 2.24) is 5.32 Å². The summed E-state index contributed by atoms with van der Waals surface area (Å²) in [5.41, 5.74) is 0.0266. The minimum atomic E-state index is -1.01. The first-order chi connectivity index (χ1) is 8.40. The van der Waals surface area contributed by atoms with Crippen molar-refractivity contribution in [1.29, 1.82) is 0 Å². The van der Waals surface area contributed by atoms with Crippen LogP contribution in [0.1, 0.15) is 6.92 Å². The van der Waals surface area contributed by atoms with Crippen molar-refractivity contribution < 1.29 is 19.1 Å². The highest BCUT2D eigenvalue weighted by Gasteiger charge is 2.13. The van der Waals surface area contributed by atoms with Crippen molar-refractivity contribution in [2.45, 2.75) is 6.92 Å². The fraction of sp³-hybridized carbons (Fsp3) is 0.273. The lowest BCUT2D eigenvalue weighted by Gasteiger charge is -2.10. The monoisotopic (exact) mass is 318 g/mol. The number of rotatable bonds is 4. The second-order valence-corrected chi connectivity index (χ2v) is 4.61. The van der Waals surface area contributed by atoms with E-state index in [-0.39, 0.29) is 12.2 Å². The van der Waals surface area contributed by atoms with Crippen LogP contribution in [0.4, 0.5) is 14.9 Å². The third-order valence-corrected chi connectivity index (χ3v) is 2.66. The van der Waals surface area contributed by atoms with E-state index in [0.29, 0.717) is 4.47 Å². The van der Waals surface area contributed by atoms with Crippen molar-refractivity contribution in [2.75, 3.05) is 11.9 Å². The lowest BCUT2D eigenvalue weighted by Crippen LogP contribution is -2.34. The summed E-state index contributed by atoms with van der Waals surface area (Å²) in [7, 11) is 0. The Morgan fingerprint density at radius 1 is 1.50 bits per heavy atom. The maximum absolute atomic E-state index is 13.4. The molecule has 18 heavy (non-hydrogen) atoms. The molecule has 0 aromatic heterocycles. The number of anilines is 1. The molecule has 1 atom stereocenters. The van der Waals surface area contributed by atoms with E-state index in [1.54, 1.807) is 6.07 Å².